The quantitative estimate of drug-likeness (QED) is 0.337. The van der Waals surface area contributed by atoms with Gasteiger partial charge in [0.25, 0.3) is 0 Å². The molecule has 0 radical (unpaired) electrons. The number of ketones is 1. The van der Waals surface area contributed by atoms with E-state index in [1.165, 1.54) is 0 Å². The third-order valence-electron chi connectivity index (χ3n) is 0.388. The number of carbonyl (C=O) groups is 3. The molecule has 0 bridgehead atoms. The molecular formula is C3H6BaO6Ti. The van der Waals surface area contributed by atoms with Crippen LogP contribution in [0.3, 0.4) is 0 Å². The van der Waals surface area contributed by atoms with Gasteiger partial charge in [-0.05, 0) is 0 Å². The van der Waals surface area contributed by atoms with Gasteiger partial charge in [0.1, 0.15) is 0 Å². The Morgan fingerprint density at radius 3 is 1.18 bits per heavy atom. The van der Waals surface area contributed by atoms with Gasteiger partial charge >= 0.3 is 66.6 Å². The van der Waals surface area contributed by atoms with E-state index in [-0.39, 0.29) is 78.9 Å². The summed E-state index contributed by atoms with van der Waals surface area (Å²) in [5.41, 5.74) is 0. The van der Waals surface area contributed by atoms with Gasteiger partial charge in [-0.25, -0.2) is 9.59 Å². The molecule has 0 spiro atoms. The monoisotopic (exact) mass is 324 g/mol. The second-order valence-electron chi connectivity index (χ2n) is 0.939. The summed E-state index contributed by atoms with van der Waals surface area (Å²) < 4.78 is 0. The zero-order chi connectivity index (χ0) is 6.73. The molecule has 0 fully saturated rings. The van der Waals surface area contributed by atoms with E-state index in [1.807, 2.05) is 0 Å². The van der Waals surface area contributed by atoms with Gasteiger partial charge in [-0.2, -0.15) is 0 Å². The fourth-order valence-corrected chi connectivity index (χ4v) is 0.0915. The molecule has 0 rings (SSSR count). The summed E-state index contributed by atoms with van der Waals surface area (Å²) in [6.45, 7) is 0. The molecule has 0 aromatic rings. The fraction of sp³-hybridized carbons (Fsp3) is 0. The topological polar surface area (TPSA) is 123 Å². The standard InChI is InChI=1S/C3H2O5.Ba.H2O.Ti.2H/c4-1(2(5)6)3(7)8;;;;;/h(H,5,6)(H,7,8);;1H2;;;/q;+2;;;2*-1. The van der Waals surface area contributed by atoms with Crippen LogP contribution in [0, 0.1) is 0 Å². The predicted molar refractivity (Wildman–Crippen MR) is 31.9 cm³/mol. The van der Waals surface area contributed by atoms with Crippen LogP contribution in [0.4, 0.5) is 0 Å². The zero-order valence-corrected chi connectivity index (χ0v) is 11.3. The number of carboxylic acid groups (broad SMARTS) is 2. The Morgan fingerprint density at radius 1 is 1.00 bits per heavy atom. The molecule has 6 nitrogen and oxygen atoms in total. The van der Waals surface area contributed by atoms with Crippen molar-refractivity contribution < 1.29 is 54.6 Å². The number of rotatable bonds is 2. The van der Waals surface area contributed by atoms with Crippen molar-refractivity contribution in [2.24, 2.45) is 0 Å². The SMILES string of the molecule is O.O=C(O)C(=O)C(=O)O.[Ba+2].[H-].[H-].[Ti]. The molecule has 0 aromatic heterocycles. The molecule has 60 valence electrons. The number of Topliss-reactive ketones (excluding diaryl/α,β-unsaturated/α-hetero) is 1. The number of hydrogen-bond acceptors (Lipinski definition) is 3. The van der Waals surface area contributed by atoms with Crippen LogP contribution in [0.5, 0.6) is 0 Å². The second-order valence-corrected chi connectivity index (χ2v) is 0.939. The molecule has 0 atom stereocenters. The maximum atomic E-state index is 9.64. The molecule has 0 aliphatic heterocycles. The summed E-state index contributed by atoms with van der Waals surface area (Å²) in [4.78, 5) is 28.5. The van der Waals surface area contributed by atoms with Crippen LogP contribution in [0.25, 0.3) is 0 Å². The van der Waals surface area contributed by atoms with Gasteiger partial charge in [0.2, 0.25) is 0 Å². The van der Waals surface area contributed by atoms with E-state index in [1.54, 1.807) is 0 Å². The molecule has 4 N–H and O–H groups in total. The van der Waals surface area contributed by atoms with Gasteiger partial charge in [-0.3, -0.25) is 4.79 Å². The number of carboxylic acids is 2. The van der Waals surface area contributed by atoms with E-state index < -0.39 is 17.7 Å². The third kappa shape index (κ3) is 10.9. The first-order valence-electron chi connectivity index (χ1n) is 1.56. The molecule has 0 aliphatic carbocycles. The Kier molecular flexibility index (Phi) is 22.3. The first-order chi connectivity index (χ1) is 3.55. The minimum atomic E-state index is -1.95. The van der Waals surface area contributed by atoms with E-state index in [0.717, 1.165) is 0 Å². The minimum Gasteiger partial charge on any atom is -1.00 e. The van der Waals surface area contributed by atoms with E-state index in [0.29, 0.717) is 0 Å². The molecular weight excluding hydrogens is 317 g/mol. The van der Waals surface area contributed by atoms with Crippen molar-refractivity contribution in [2.75, 3.05) is 0 Å². The van der Waals surface area contributed by atoms with Crippen molar-refractivity contribution in [3.63, 3.8) is 0 Å². The van der Waals surface area contributed by atoms with Gasteiger partial charge < -0.3 is 18.5 Å². The molecule has 0 unspecified atom stereocenters. The van der Waals surface area contributed by atoms with Crippen molar-refractivity contribution in [1.82, 2.24) is 0 Å². The van der Waals surface area contributed by atoms with E-state index in [9.17, 15) is 14.4 Å². The van der Waals surface area contributed by atoms with Gasteiger partial charge in [-0.15, -0.1) is 0 Å². The first-order valence-corrected chi connectivity index (χ1v) is 1.56. The van der Waals surface area contributed by atoms with Crippen LogP contribution in [0.1, 0.15) is 2.85 Å². The summed E-state index contributed by atoms with van der Waals surface area (Å²) in [6, 6.07) is 0. The Hall–Kier alpha value is 0.856. The molecule has 0 aliphatic rings. The Bertz CT molecular complexity index is 148. The normalized spacial score (nSPS) is 5.82. The van der Waals surface area contributed by atoms with Gasteiger partial charge in [0, 0.05) is 21.7 Å². The number of carbonyl (C=O) groups excluding carboxylic acids is 1. The second kappa shape index (κ2) is 10.9. The molecule has 0 saturated carbocycles. The maximum absolute atomic E-state index is 9.64. The summed E-state index contributed by atoms with van der Waals surface area (Å²) >= 11 is 0. The fourth-order valence-electron chi connectivity index (χ4n) is 0.0915. The smallest absolute Gasteiger partial charge is 1.00 e. The van der Waals surface area contributed by atoms with Crippen molar-refractivity contribution >= 4 is 66.6 Å². The molecule has 11 heavy (non-hydrogen) atoms. The minimum absolute atomic E-state index is 0. The van der Waals surface area contributed by atoms with Gasteiger partial charge in [-0.1, -0.05) is 0 Å². The predicted octanol–water partition coefficient (Wildman–Crippen LogP) is -2.26. The molecule has 0 amide bonds. The van der Waals surface area contributed by atoms with Crippen molar-refractivity contribution in [3.8, 4) is 0 Å². The van der Waals surface area contributed by atoms with Crippen LogP contribution < -0.4 is 0 Å². The Balaban J connectivity index is -0.0000000245. The largest absolute Gasteiger partial charge is 2.00 e. The summed E-state index contributed by atoms with van der Waals surface area (Å²) in [5, 5.41) is 15.2. The number of aliphatic carboxylic acids is 2. The van der Waals surface area contributed by atoms with Crippen LogP contribution in [-0.4, -0.2) is 82.3 Å². The Labute approximate surface area is 120 Å². The number of hydrogen-bond donors (Lipinski definition) is 2. The average Bonchev–Trinajstić information content (AvgIpc) is 1.64. The zero-order valence-electron chi connectivity index (χ0n) is 7.33. The molecule has 0 saturated heterocycles. The van der Waals surface area contributed by atoms with E-state index in [2.05, 4.69) is 0 Å². The van der Waals surface area contributed by atoms with Gasteiger partial charge in [0.15, 0.2) is 0 Å². The Morgan fingerprint density at radius 2 is 1.18 bits per heavy atom. The molecule has 0 heterocycles. The van der Waals surface area contributed by atoms with Crippen LogP contribution in [0.15, 0.2) is 0 Å². The third-order valence-corrected chi connectivity index (χ3v) is 0.388. The maximum Gasteiger partial charge on any atom is 2.00 e. The van der Waals surface area contributed by atoms with Crippen LogP contribution in [0.2, 0.25) is 0 Å². The van der Waals surface area contributed by atoms with Gasteiger partial charge in [0.05, 0.1) is 0 Å². The van der Waals surface area contributed by atoms with Crippen molar-refractivity contribution in [1.29, 1.82) is 0 Å². The summed E-state index contributed by atoms with van der Waals surface area (Å²) in [6.07, 6.45) is 0. The summed E-state index contributed by atoms with van der Waals surface area (Å²) in [5.74, 6) is -5.71. The first kappa shape index (κ1) is 22.6. The van der Waals surface area contributed by atoms with Crippen LogP contribution >= 0.6 is 0 Å². The van der Waals surface area contributed by atoms with Crippen molar-refractivity contribution in [2.45, 2.75) is 0 Å². The summed E-state index contributed by atoms with van der Waals surface area (Å²) in [7, 11) is 0. The molecule has 0 aromatic carbocycles. The van der Waals surface area contributed by atoms with E-state index >= 15 is 0 Å². The molecule has 8 heteroatoms. The average molecular weight is 323 g/mol. The van der Waals surface area contributed by atoms with E-state index in [4.69, 9.17) is 10.2 Å². The van der Waals surface area contributed by atoms with Crippen molar-refractivity contribution in [3.05, 3.63) is 0 Å². The van der Waals surface area contributed by atoms with Crippen LogP contribution in [-0.2, 0) is 36.1 Å².